The number of aromatic nitrogens is 1. The van der Waals surface area contributed by atoms with E-state index in [0.29, 0.717) is 18.5 Å². The lowest BCUT2D eigenvalue weighted by Gasteiger charge is -2.19. The van der Waals surface area contributed by atoms with Crippen LogP contribution in [0.25, 0.3) is 10.9 Å². The Morgan fingerprint density at radius 1 is 1.25 bits per heavy atom. The van der Waals surface area contributed by atoms with E-state index in [1.165, 1.54) is 12.8 Å². The van der Waals surface area contributed by atoms with Gasteiger partial charge in [0.1, 0.15) is 0 Å². The van der Waals surface area contributed by atoms with Gasteiger partial charge in [0.2, 0.25) is 0 Å². The first-order chi connectivity index (χ1) is 9.65. The Balaban J connectivity index is 1.77. The zero-order valence-electron chi connectivity index (χ0n) is 12.1. The quantitative estimate of drug-likeness (QED) is 0.900. The highest BCUT2D eigenvalue weighted by Gasteiger charge is 2.29. The summed E-state index contributed by atoms with van der Waals surface area (Å²) in [5.41, 5.74) is 1.76. The van der Waals surface area contributed by atoms with E-state index in [2.05, 4.69) is 24.1 Å². The van der Waals surface area contributed by atoms with Crippen LogP contribution in [0.3, 0.4) is 0 Å². The van der Waals surface area contributed by atoms with Gasteiger partial charge in [-0.2, -0.15) is 0 Å². The lowest BCUT2D eigenvalue weighted by atomic mass is 9.98. The molecule has 1 aliphatic rings. The molecule has 0 radical (unpaired) electrons. The minimum atomic E-state index is 0.0231. The molecule has 0 amide bonds. The highest BCUT2D eigenvalue weighted by Crippen LogP contribution is 2.31. The Hall–Kier alpha value is -1.61. The van der Waals surface area contributed by atoms with Crippen LogP contribution in [-0.2, 0) is 6.54 Å². The molecule has 20 heavy (non-hydrogen) atoms. The summed E-state index contributed by atoms with van der Waals surface area (Å²) >= 11 is 0. The van der Waals surface area contributed by atoms with Gasteiger partial charge in [-0.05, 0) is 42.2 Å². The van der Waals surface area contributed by atoms with E-state index in [4.69, 9.17) is 0 Å². The molecule has 1 aromatic carbocycles. The number of benzene rings is 1. The number of H-pyrrole nitrogens is 1. The Kier molecular flexibility index (Phi) is 3.62. The molecule has 3 rings (SSSR count). The minimum absolute atomic E-state index is 0.0231. The average molecular weight is 270 g/mol. The molecule has 0 bridgehead atoms. The first-order valence-corrected chi connectivity index (χ1v) is 7.49. The smallest absolute Gasteiger partial charge is 0.252 e. The molecule has 2 aromatic rings. The maximum absolute atomic E-state index is 12.1. The van der Waals surface area contributed by atoms with E-state index in [-0.39, 0.29) is 5.56 Å². The number of aromatic amines is 1. The van der Waals surface area contributed by atoms with Gasteiger partial charge in [0, 0.05) is 23.7 Å². The lowest BCUT2D eigenvalue weighted by Crippen LogP contribution is -2.33. The van der Waals surface area contributed by atoms with Crippen LogP contribution in [0.5, 0.6) is 0 Å². The van der Waals surface area contributed by atoms with E-state index >= 15 is 0 Å². The van der Waals surface area contributed by atoms with Crippen LogP contribution in [0.15, 0.2) is 35.1 Å². The van der Waals surface area contributed by atoms with Crippen molar-refractivity contribution in [1.29, 1.82) is 0 Å². The molecular weight excluding hydrogens is 248 g/mol. The number of hydrogen-bond donors (Lipinski definition) is 2. The predicted molar refractivity (Wildman–Crippen MR) is 82.8 cm³/mol. The summed E-state index contributed by atoms with van der Waals surface area (Å²) in [7, 11) is 0. The first kappa shape index (κ1) is 13.4. The standard InChI is InChI=1S/C17H22N2O/c1-11-7-8-15(12(11)2)18-10-14-9-13-5-3-4-6-16(13)19-17(14)20/h3-6,9,11-12,15,18H,7-8,10H2,1-2H3,(H,19,20). The summed E-state index contributed by atoms with van der Waals surface area (Å²) in [6, 6.07) is 10.5. The first-order valence-electron chi connectivity index (χ1n) is 7.49. The number of hydrogen-bond acceptors (Lipinski definition) is 2. The number of pyridine rings is 1. The maximum atomic E-state index is 12.1. The van der Waals surface area contributed by atoms with Crippen LogP contribution in [0.2, 0.25) is 0 Å². The lowest BCUT2D eigenvalue weighted by molar-refractivity contribution is 0.369. The summed E-state index contributed by atoms with van der Waals surface area (Å²) in [5.74, 6) is 1.47. The molecule has 3 nitrogen and oxygen atoms in total. The molecule has 3 heteroatoms. The third-order valence-electron chi connectivity index (χ3n) is 4.85. The molecule has 1 aliphatic carbocycles. The molecule has 2 N–H and O–H groups in total. The molecule has 0 aliphatic heterocycles. The van der Waals surface area contributed by atoms with Crippen LogP contribution < -0.4 is 10.9 Å². The Morgan fingerprint density at radius 2 is 2.05 bits per heavy atom. The topological polar surface area (TPSA) is 44.9 Å². The van der Waals surface area contributed by atoms with Gasteiger partial charge in [0.05, 0.1) is 0 Å². The molecule has 3 atom stereocenters. The van der Waals surface area contributed by atoms with Crippen molar-refractivity contribution in [2.24, 2.45) is 11.8 Å². The van der Waals surface area contributed by atoms with Crippen molar-refractivity contribution < 1.29 is 0 Å². The van der Waals surface area contributed by atoms with Gasteiger partial charge in [-0.25, -0.2) is 0 Å². The van der Waals surface area contributed by atoms with Crippen LogP contribution in [0, 0.1) is 11.8 Å². The largest absolute Gasteiger partial charge is 0.322 e. The van der Waals surface area contributed by atoms with E-state index < -0.39 is 0 Å². The Labute approximate surface area is 119 Å². The van der Waals surface area contributed by atoms with E-state index in [1.807, 2.05) is 30.3 Å². The van der Waals surface area contributed by atoms with E-state index in [1.54, 1.807) is 0 Å². The zero-order valence-corrected chi connectivity index (χ0v) is 12.1. The van der Waals surface area contributed by atoms with Crippen molar-refractivity contribution in [3.63, 3.8) is 0 Å². The second-order valence-corrected chi connectivity index (χ2v) is 6.11. The van der Waals surface area contributed by atoms with Crippen molar-refractivity contribution in [3.05, 3.63) is 46.2 Å². The summed E-state index contributed by atoms with van der Waals surface area (Å²) in [5, 5.41) is 4.66. The molecule has 1 aromatic heterocycles. The Morgan fingerprint density at radius 3 is 2.80 bits per heavy atom. The van der Waals surface area contributed by atoms with Crippen LogP contribution in [0.4, 0.5) is 0 Å². The molecule has 0 spiro atoms. The van der Waals surface area contributed by atoms with E-state index in [9.17, 15) is 4.79 Å². The fourth-order valence-electron chi connectivity index (χ4n) is 3.22. The summed E-state index contributed by atoms with van der Waals surface area (Å²) in [6.45, 7) is 5.27. The maximum Gasteiger partial charge on any atom is 0.252 e. The summed E-state index contributed by atoms with van der Waals surface area (Å²) < 4.78 is 0. The average Bonchev–Trinajstić information content (AvgIpc) is 2.76. The van der Waals surface area contributed by atoms with Crippen molar-refractivity contribution in [3.8, 4) is 0 Å². The Bertz CT molecular complexity index is 661. The van der Waals surface area contributed by atoms with Gasteiger partial charge >= 0.3 is 0 Å². The normalized spacial score (nSPS) is 26.2. The van der Waals surface area contributed by atoms with Crippen molar-refractivity contribution in [2.45, 2.75) is 39.3 Å². The molecule has 106 valence electrons. The monoisotopic (exact) mass is 270 g/mol. The number of fused-ring (bicyclic) bond motifs is 1. The number of rotatable bonds is 3. The highest BCUT2D eigenvalue weighted by molar-refractivity contribution is 5.78. The summed E-state index contributed by atoms with van der Waals surface area (Å²) in [6.07, 6.45) is 2.50. The number of para-hydroxylation sites is 1. The highest BCUT2D eigenvalue weighted by atomic mass is 16.1. The van der Waals surface area contributed by atoms with E-state index in [0.717, 1.165) is 22.4 Å². The zero-order chi connectivity index (χ0) is 14.1. The third-order valence-corrected chi connectivity index (χ3v) is 4.85. The number of nitrogens with one attached hydrogen (secondary N) is 2. The molecule has 1 fully saturated rings. The third kappa shape index (κ3) is 2.50. The van der Waals surface area contributed by atoms with Gasteiger partial charge in [-0.3, -0.25) is 4.79 Å². The van der Waals surface area contributed by atoms with Crippen LogP contribution in [-0.4, -0.2) is 11.0 Å². The predicted octanol–water partition coefficient (Wildman–Crippen LogP) is 3.05. The van der Waals surface area contributed by atoms with Crippen LogP contribution >= 0.6 is 0 Å². The molecular formula is C17H22N2O. The summed E-state index contributed by atoms with van der Waals surface area (Å²) in [4.78, 5) is 15.0. The fourth-order valence-corrected chi connectivity index (χ4v) is 3.22. The van der Waals surface area contributed by atoms with Gasteiger partial charge in [0.25, 0.3) is 5.56 Å². The molecule has 1 heterocycles. The molecule has 1 saturated carbocycles. The van der Waals surface area contributed by atoms with Crippen LogP contribution in [0.1, 0.15) is 32.3 Å². The van der Waals surface area contributed by atoms with Crippen molar-refractivity contribution >= 4 is 10.9 Å². The van der Waals surface area contributed by atoms with Gasteiger partial charge in [0.15, 0.2) is 0 Å². The molecule has 3 unspecified atom stereocenters. The SMILES string of the molecule is CC1CCC(NCc2cc3ccccc3[nH]c2=O)C1C. The van der Waals surface area contributed by atoms with Gasteiger partial charge in [-0.1, -0.05) is 32.0 Å². The van der Waals surface area contributed by atoms with Crippen molar-refractivity contribution in [2.75, 3.05) is 0 Å². The second kappa shape index (κ2) is 5.41. The van der Waals surface area contributed by atoms with Crippen molar-refractivity contribution in [1.82, 2.24) is 10.3 Å². The molecule has 0 saturated heterocycles. The minimum Gasteiger partial charge on any atom is -0.322 e. The van der Waals surface area contributed by atoms with Gasteiger partial charge < -0.3 is 10.3 Å². The second-order valence-electron chi connectivity index (χ2n) is 6.11. The van der Waals surface area contributed by atoms with Gasteiger partial charge in [-0.15, -0.1) is 0 Å². The fraction of sp³-hybridized carbons (Fsp3) is 0.471.